The molecule has 36 heavy (non-hydrogen) atoms. The Morgan fingerprint density at radius 3 is 2.08 bits per heavy atom. The number of nitrogens with zero attached hydrogens (tertiary/aromatic N) is 2. The summed E-state index contributed by atoms with van der Waals surface area (Å²) >= 11 is 29.2. The first kappa shape index (κ1) is 30.6. The highest BCUT2D eigenvalue weighted by Crippen LogP contribution is 2.42. The van der Waals surface area contributed by atoms with Gasteiger partial charge in [0.05, 0.1) is 23.2 Å². The Bertz CT molecular complexity index is 929. The smallest absolute Gasteiger partial charge is 0.108 e. The molecular formula is C26H38N2O2S6. The van der Waals surface area contributed by atoms with Gasteiger partial charge in [0.1, 0.15) is 9.98 Å². The molecule has 0 aromatic carbocycles. The SMILES string of the molecule is CC(C)(CCOCCOCCC(C)(C)N1C(=S)C=C2SCCC2C1=S)N1C(=S)C=CC(CCS)C1=S. The van der Waals surface area contributed by atoms with Gasteiger partial charge in [0.2, 0.25) is 0 Å². The van der Waals surface area contributed by atoms with E-state index in [-0.39, 0.29) is 17.0 Å². The topological polar surface area (TPSA) is 24.9 Å². The minimum absolute atomic E-state index is 0.182. The molecule has 4 nitrogen and oxygen atoms in total. The van der Waals surface area contributed by atoms with Gasteiger partial charge in [-0.15, -0.1) is 11.8 Å². The molecule has 1 fully saturated rings. The van der Waals surface area contributed by atoms with Gasteiger partial charge in [0.25, 0.3) is 0 Å². The average molecular weight is 603 g/mol. The third kappa shape index (κ3) is 7.37. The van der Waals surface area contributed by atoms with E-state index in [9.17, 15) is 0 Å². The van der Waals surface area contributed by atoms with Gasteiger partial charge in [-0.3, -0.25) is 0 Å². The molecule has 3 rings (SSSR count). The monoisotopic (exact) mass is 602 g/mol. The molecule has 200 valence electrons. The molecule has 3 aliphatic heterocycles. The molecule has 1 saturated heterocycles. The van der Waals surface area contributed by atoms with Crippen LogP contribution in [0.4, 0.5) is 0 Å². The summed E-state index contributed by atoms with van der Waals surface area (Å²) < 4.78 is 11.8. The van der Waals surface area contributed by atoms with Gasteiger partial charge in [-0.05, 0) is 81.9 Å². The van der Waals surface area contributed by atoms with Gasteiger partial charge in [0, 0.05) is 36.1 Å². The summed E-state index contributed by atoms with van der Waals surface area (Å²) in [6.07, 6.45) is 9.95. The Kier molecular flexibility index (Phi) is 11.4. The van der Waals surface area contributed by atoms with Crippen LogP contribution in [0.1, 0.15) is 53.4 Å². The fourth-order valence-electron chi connectivity index (χ4n) is 4.75. The van der Waals surface area contributed by atoms with Crippen LogP contribution in [0.3, 0.4) is 0 Å². The number of hydrogen-bond donors (Lipinski definition) is 1. The van der Waals surface area contributed by atoms with E-state index in [4.69, 9.17) is 58.3 Å². The van der Waals surface area contributed by atoms with Gasteiger partial charge in [-0.2, -0.15) is 12.6 Å². The van der Waals surface area contributed by atoms with E-state index in [2.05, 4.69) is 62.3 Å². The van der Waals surface area contributed by atoms with Crippen molar-refractivity contribution >= 4 is 93.2 Å². The molecule has 0 aliphatic carbocycles. The molecule has 0 spiro atoms. The van der Waals surface area contributed by atoms with Gasteiger partial charge >= 0.3 is 0 Å². The maximum atomic E-state index is 5.91. The lowest BCUT2D eigenvalue weighted by Crippen LogP contribution is -2.53. The first-order valence-electron chi connectivity index (χ1n) is 12.5. The molecule has 0 aromatic rings. The molecule has 0 aromatic heterocycles. The first-order valence-corrected chi connectivity index (χ1v) is 15.8. The van der Waals surface area contributed by atoms with Crippen LogP contribution in [0.2, 0.25) is 0 Å². The van der Waals surface area contributed by atoms with Crippen LogP contribution in [-0.4, -0.2) is 78.8 Å². The Labute approximate surface area is 248 Å². The Hall–Kier alpha value is 0.0600. The second-order valence-electron chi connectivity index (χ2n) is 10.6. The van der Waals surface area contributed by atoms with E-state index in [1.54, 1.807) is 0 Å². The van der Waals surface area contributed by atoms with E-state index < -0.39 is 0 Å². The Morgan fingerprint density at radius 2 is 1.50 bits per heavy atom. The number of hydrogen-bond acceptors (Lipinski definition) is 8. The van der Waals surface area contributed by atoms with E-state index in [0.717, 1.165) is 57.1 Å². The van der Waals surface area contributed by atoms with Crippen molar-refractivity contribution in [1.82, 2.24) is 9.80 Å². The summed E-state index contributed by atoms with van der Waals surface area (Å²) in [5.74, 6) is 2.49. The lowest BCUT2D eigenvalue weighted by Gasteiger charge is -2.44. The van der Waals surface area contributed by atoms with Crippen molar-refractivity contribution in [2.24, 2.45) is 11.8 Å². The van der Waals surface area contributed by atoms with Crippen LogP contribution >= 0.6 is 73.3 Å². The van der Waals surface area contributed by atoms with Crippen molar-refractivity contribution in [3.8, 4) is 0 Å². The van der Waals surface area contributed by atoms with E-state index in [1.165, 1.54) is 4.91 Å². The molecule has 2 unspecified atom stereocenters. The fourth-order valence-corrected chi connectivity index (χ4v) is 8.53. The molecule has 0 amide bonds. The molecule has 0 bridgehead atoms. The third-order valence-electron chi connectivity index (χ3n) is 6.99. The largest absolute Gasteiger partial charge is 0.379 e. The van der Waals surface area contributed by atoms with Crippen LogP contribution in [0.5, 0.6) is 0 Å². The maximum absolute atomic E-state index is 5.91. The zero-order valence-corrected chi connectivity index (χ0v) is 26.6. The van der Waals surface area contributed by atoms with Crippen molar-refractivity contribution in [3.63, 3.8) is 0 Å². The third-order valence-corrected chi connectivity index (χ3v) is 10.00. The normalized spacial score (nSPS) is 23.0. The minimum Gasteiger partial charge on any atom is -0.379 e. The fraction of sp³-hybridized carbons (Fsp3) is 0.692. The summed E-state index contributed by atoms with van der Waals surface area (Å²) in [5.41, 5.74) is -0.394. The number of thiocarbonyl (C=S) groups is 4. The first-order chi connectivity index (χ1) is 17.0. The van der Waals surface area contributed by atoms with E-state index >= 15 is 0 Å². The van der Waals surface area contributed by atoms with Crippen LogP contribution in [0.15, 0.2) is 23.1 Å². The predicted octanol–water partition coefficient (Wildman–Crippen LogP) is 6.43. The molecule has 3 aliphatic rings. The quantitative estimate of drug-likeness (QED) is 0.145. The second kappa shape index (κ2) is 13.4. The Morgan fingerprint density at radius 1 is 0.917 bits per heavy atom. The van der Waals surface area contributed by atoms with Crippen LogP contribution in [0.25, 0.3) is 0 Å². The highest BCUT2D eigenvalue weighted by Gasteiger charge is 2.40. The summed E-state index contributed by atoms with van der Waals surface area (Å²) in [7, 11) is 0. The molecule has 2 atom stereocenters. The minimum atomic E-state index is -0.212. The number of rotatable bonds is 13. The predicted molar refractivity (Wildman–Crippen MR) is 173 cm³/mol. The summed E-state index contributed by atoms with van der Waals surface area (Å²) in [4.78, 5) is 9.09. The lowest BCUT2D eigenvalue weighted by molar-refractivity contribution is 0.0300. The van der Waals surface area contributed by atoms with Crippen LogP contribution < -0.4 is 0 Å². The lowest BCUT2D eigenvalue weighted by atomic mass is 9.93. The molecule has 10 heteroatoms. The number of thioether (sulfide) groups is 1. The zero-order valence-electron chi connectivity index (χ0n) is 21.7. The van der Waals surface area contributed by atoms with Gasteiger partial charge in [-0.1, -0.05) is 54.9 Å². The van der Waals surface area contributed by atoms with Crippen LogP contribution in [-0.2, 0) is 9.47 Å². The maximum Gasteiger partial charge on any atom is 0.108 e. The van der Waals surface area contributed by atoms with Crippen molar-refractivity contribution < 1.29 is 9.47 Å². The second-order valence-corrected chi connectivity index (χ2v) is 13.9. The molecule has 0 saturated carbocycles. The summed E-state index contributed by atoms with van der Waals surface area (Å²) in [6, 6.07) is 0. The van der Waals surface area contributed by atoms with Crippen molar-refractivity contribution in [3.05, 3.63) is 23.1 Å². The van der Waals surface area contributed by atoms with E-state index in [0.29, 0.717) is 32.3 Å². The average Bonchev–Trinajstić information content (AvgIpc) is 3.26. The van der Waals surface area contributed by atoms with E-state index in [1.807, 2.05) is 17.8 Å². The zero-order chi connectivity index (χ0) is 26.5. The molecular weight excluding hydrogens is 565 g/mol. The van der Waals surface area contributed by atoms with Gasteiger partial charge in [-0.25, -0.2) is 0 Å². The van der Waals surface area contributed by atoms with Crippen molar-refractivity contribution in [2.45, 2.75) is 64.5 Å². The Balaban J connectivity index is 1.36. The summed E-state index contributed by atoms with van der Waals surface area (Å²) in [5, 5.41) is 0. The van der Waals surface area contributed by atoms with Crippen molar-refractivity contribution in [2.75, 3.05) is 37.9 Å². The number of thiol groups is 1. The molecule has 0 radical (unpaired) electrons. The molecule has 0 N–H and O–H groups in total. The van der Waals surface area contributed by atoms with Gasteiger partial charge < -0.3 is 19.3 Å². The van der Waals surface area contributed by atoms with Crippen molar-refractivity contribution in [1.29, 1.82) is 0 Å². The van der Waals surface area contributed by atoms with Crippen LogP contribution in [0, 0.1) is 11.8 Å². The molecule has 3 heterocycles. The highest BCUT2D eigenvalue weighted by atomic mass is 32.2. The summed E-state index contributed by atoms with van der Waals surface area (Å²) in [6.45, 7) is 11.1. The highest BCUT2D eigenvalue weighted by molar-refractivity contribution is 8.03. The number of ether oxygens (including phenoxy) is 2. The number of fused-ring (bicyclic) bond motifs is 1. The van der Waals surface area contributed by atoms with Gasteiger partial charge in [0.15, 0.2) is 0 Å². The standard InChI is InChI=1S/C26H38N2O2S6/c1-25(2,27-21(32)6-5-18(7-15-31)23(27)34)9-11-29-13-14-30-12-10-26(3,4)28-22(33)17-20-19(24(28)35)8-16-36-20/h5-6,17-19,31H,7-16H2,1-4H3.